The van der Waals surface area contributed by atoms with Gasteiger partial charge in [0.2, 0.25) is 0 Å². The Balaban J connectivity index is 4.40. The topological polar surface area (TPSA) is 108 Å². The minimum absolute atomic E-state index is 0.0329. The Morgan fingerprint density at radius 2 is 1.02 bits per heavy atom. The number of allylic oxidation sites excluding steroid dienone is 2. The number of phosphoric ester groups is 1. The van der Waals surface area contributed by atoms with E-state index >= 15 is 0 Å². The Morgan fingerprint density at radius 3 is 1.48 bits per heavy atom. The van der Waals surface area contributed by atoms with Gasteiger partial charge in [-0.15, -0.1) is 0 Å². The third kappa shape index (κ3) is 36.5. The molecule has 0 radical (unpaired) electrons. The smallest absolute Gasteiger partial charge is 0.462 e. The summed E-state index contributed by atoms with van der Waals surface area (Å²) >= 11 is 0. The van der Waals surface area contributed by atoms with Crippen LogP contribution in [0.4, 0.5) is 0 Å². The van der Waals surface area contributed by atoms with Crippen molar-refractivity contribution in [3.63, 3.8) is 0 Å². The van der Waals surface area contributed by atoms with Gasteiger partial charge in [-0.1, -0.05) is 142 Å². The zero-order valence-electron chi connectivity index (χ0n) is 33.1. The molecule has 0 amide bonds. The van der Waals surface area contributed by atoms with Gasteiger partial charge in [0.1, 0.15) is 19.8 Å². The lowest BCUT2D eigenvalue weighted by Crippen LogP contribution is -2.37. The number of carbonyl (C=O) groups is 2. The van der Waals surface area contributed by atoms with Crippen LogP contribution in [0.3, 0.4) is 0 Å². The Hall–Kier alpha value is -1.25. The lowest BCUT2D eigenvalue weighted by atomic mass is 10.1. The second-order valence-electron chi connectivity index (χ2n) is 15.0. The summed E-state index contributed by atoms with van der Waals surface area (Å²) in [5.74, 6) is -0.804. The van der Waals surface area contributed by atoms with E-state index in [4.69, 9.17) is 18.5 Å². The molecule has 0 bridgehead atoms. The van der Waals surface area contributed by atoms with Crippen LogP contribution < -0.4 is 0 Å². The van der Waals surface area contributed by atoms with Crippen molar-refractivity contribution in [3.8, 4) is 0 Å². The molecule has 0 saturated carbocycles. The van der Waals surface area contributed by atoms with E-state index in [1.165, 1.54) is 96.3 Å². The van der Waals surface area contributed by atoms with Gasteiger partial charge in [0.15, 0.2) is 6.10 Å². The zero-order valence-corrected chi connectivity index (χ0v) is 34.0. The number of hydrogen-bond donors (Lipinski definition) is 1. The number of likely N-dealkylation sites (N-methyl/N-ethyl adjacent to an activating group) is 1. The average molecular weight is 733 g/mol. The van der Waals surface area contributed by atoms with Crippen LogP contribution in [0.2, 0.25) is 0 Å². The first kappa shape index (κ1) is 48.8. The molecule has 0 heterocycles. The number of unbranched alkanes of at least 4 members (excludes halogenated alkanes) is 21. The van der Waals surface area contributed by atoms with Crippen molar-refractivity contribution in [3.05, 3.63) is 12.2 Å². The third-order valence-corrected chi connectivity index (χ3v) is 9.78. The van der Waals surface area contributed by atoms with Crippen LogP contribution in [-0.4, -0.2) is 74.9 Å². The normalized spacial score (nSPS) is 13.8. The average Bonchev–Trinajstić information content (AvgIpc) is 3.06. The lowest BCUT2D eigenvalue weighted by Gasteiger charge is -2.24. The monoisotopic (exact) mass is 733 g/mol. The van der Waals surface area contributed by atoms with Crippen LogP contribution in [0.5, 0.6) is 0 Å². The molecule has 0 aromatic carbocycles. The van der Waals surface area contributed by atoms with Gasteiger partial charge >= 0.3 is 19.8 Å². The summed E-state index contributed by atoms with van der Waals surface area (Å²) in [6.07, 6.45) is 32.5. The number of quaternary nitrogens is 1. The fraction of sp³-hybridized carbons (Fsp3) is 0.900. The van der Waals surface area contributed by atoms with E-state index in [0.29, 0.717) is 23.9 Å². The molecular weight excluding hydrogens is 653 g/mol. The van der Waals surface area contributed by atoms with Gasteiger partial charge in [-0.2, -0.15) is 0 Å². The highest BCUT2D eigenvalue weighted by molar-refractivity contribution is 7.47. The van der Waals surface area contributed by atoms with Crippen molar-refractivity contribution < 1.29 is 42.1 Å². The number of ether oxygens (including phenoxy) is 2. The van der Waals surface area contributed by atoms with Crippen LogP contribution >= 0.6 is 7.82 Å². The molecule has 0 aliphatic carbocycles. The highest BCUT2D eigenvalue weighted by atomic mass is 31.2. The van der Waals surface area contributed by atoms with Gasteiger partial charge in [-0.05, 0) is 38.5 Å². The van der Waals surface area contributed by atoms with E-state index in [2.05, 4.69) is 26.0 Å². The van der Waals surface area contributed by atoms with Gasteiger partial charge < -0.3 is 18.9 Å². The molecule has 0 aromatic heterocycles. The molecule has 10 heteroatoms. The van der Waals surface area contributed by atoms with Crippen molar-refractivity contribution in [2.45, 2.75) is 187 Å². The second kappa shape index (κ2) is 33.6. The van der Waals surface area contributed by atoms with Gasteiger partial charge in [-0.25, -0.2) is 4.57 Å². The zero-order chi connectivity index (χ0) is 37.2. The van der Waals surface area contributed by atoms with E-state index in [1.807, 2.05) is 21.1 Å². The maximum Gasteiger partial charge on any atom is 0.472 e. The minimum Gasteiger partial charge on any atom is -0.462 e. The van der Waals surface area contributed by atoms with Crippen LogP contribution in [-0.2, 0) is 32.7 Å². The summed E-state index contributed by atoms with van der Waals surface area (Å²) in [6.45, 7) is 4.40. The Labute approximate surface area is 307 Å². The summed E-state index contributed by atoms with van der Waals surface area (Å²) in [7, 11) is 1.48. The minimum atomic E-state index is -4.36. The van der Waals surface area contributed by atoms with Crippen molar-refractivity contribution in [2.24, 2.45) is 0 Å². The molecule has 0 rings (SSSR count). The predicted octanol–water partition coefficient (Wildman–Crippen LogP) is 11.0. The molecule has 9 nitrogen and oxygen atoms in total. The first-order valence-electron chi connectivity index (χ1n) is 20.4. The first-order chi connectivity index (χ1) is 24.0. The maximum absolute atomic E-state index is 12.6. The number of hydrogen-bond acceptors (Lipinski definition) is 7. The molecular formula is C40H79NO8P+. The fourth-order valence-corrected chi connectivity index (χ4v) is 6.28. The van der Waals surface area contributed by atoms with Crippen LogP contribution in [0.25, 0.3) is 0 Å². The molecule has 0 spiro atoms. The standard InChI is InChI=1S/C40H78NO8P/c1-6-8-10-12-14-16-18-19-20-21-23-25-27-29-31-33-40(43)49-38(37-48-50(44,45)47-35-34-41(3,4)5)36-46-39(42)32-30-28-26-24-22-17-15-13-11-9-7-2/h19-20,38H,6-18,21-37H2,1-5H3/p+1/b20-19+. The van der Waals surface area contributed by atoms with Gasteiger partial charge in [0.05, 0.1) is 27.7 Å². The molecule has 0 saturated heterocycles. The van der Waals surface area contributed by atoms with E-state index < -0.39 is 26.5 Å². The van der Waals surface area contributed by atoms with Gasteiger partial charge in [0, 0.05) is 12.8 Å². The van der Waals surface area contributed by atoms with Crippen LogP contribution in [0, 0.1) is 0 Å². The Kier molecular flexibility index (Phi) is 32.7. The molecule has 50 heavy (non-hydrogen) atoms. The predicted molar refractivity (Wildman–Crippen MR) is 206 cm³/mol. The number of carbonyl (C=O) groups excluding carboxylic acids is 2. The number of rotatable bonds is 37. The molecule has 0 aliphatic heterocycles. The molecule has 0 aliphatic rings. The van der Waals surface area contributed by atoms with Crippen LogP contribution in [0.15, 0.2) is 12.2 Å². The van der Waals surface area contributed by atoms with E-state index in [-0.39, 0.29) is 25.6 Å². The van der Waals surface area contributed by atoms with E-state index in [9.17, 15) is 19.0 Å². The lowest BCUT2D eigenvalue weighted by molar-refractivity contribution is -0.870. The highest BCUT2D eigenvalue weighted by Gasteiger charge is 2.27. The van der Waals surface area contributed by atoms with Crippen molar-refractivity contribution in [2.75, 3.05) is 47.5 Å². The summed E-state index contributed by atoms with van der Waals surface area (Å²) in [5.41, 5.74) is 0. The number of nitrogens with zero attached hydrogens (tertiary/aromatic N) is 1. The molecule has 2 atom stereocenters. The van der Waals surface area contributed by atoms with Gasteiger partial charge in [-0.3, -0.25) is 18.6 Å². The number of esters is 2. The number of phosphoric acid groups is 1. The third-order valence-electron chi connectivity index (χ3n) is 8.80. The van der Waals surface area contributed by atoms with E-state index in [1.54, 1.807) is 0 Å². The molecule has 1 N–H and O–H groups in total. The quantitative estimate of drug-likeness (QED) is 0.0221. The first-order valence-corrected chi connectivity index (χ1v) is 21.9. The van der Waals surface area contributed by atoms with E-state index in [0.717, 1.165) is 51.4 Å². The van der Waals surface area contributed by atoms with Crippen molar-refractivity contribution >= 4 is 19.8 Å². The summed E-state index contributed by atoms with van der Waals surface area (Å²) in [6, 6.07) is 0. The van der Waals surface area contributed by atoms with Crippen molar-refractivity contribution in [1.82, 2.24) is 0 Å². The molecule has 0 aromatic rings. The Bertz CT molecular complexity index is 876. The molecule has 2 unspecified atom stereocenters. The summed E-state index contributed by atoms with van der Waals surface area (Å²) in [4.78, 5) is 35.2. The summed E-state index contributed by atoms with van der Waals surface area (Å²) < 4.78 is 34.2. The molecule has 0 fully saturated rings. The maximum atomic E-state index is 12.6. The molecule has 296 valence electrons. The van der Waals surface area contributed by atoms with Crippen LogP contribution in [0.1, 0.15) is 181 Å². The fourth-order valence-electron chi connectivity index (χ4n) is 5.54. The SMILES string of the molecule is CCCCCCCC/C=C/CCCCCCCC(=O)OC(COC(=O)CCCCCCCCCCCCC)COP(=O)(O)OCC[N+](C)(C)C. The Morgan fingerprint density at radius 1 is 0.600 bits per heavy atom. The summed E-state index contributed by atoms with van der Waals surface area (Å²) in [5, 5.41) is 0. The van der Waals surface area contributed by atoms with Gasteiger partial charge in [0.25, 0.3) is 0 Å². The largest absolute Gasteiger partial charge is 0.472 e. The van der Waals surface area contributed by atoms with Crippen molar-refractivity contribution in [1.29, 1.82) is 0 Å². The highest BCUT2D eigenvalue weighted by Crippen LogP contribution is 2.43. The second-order valence-corrected chi connectivity index (χ2v) is 16.5.